The molecule has 2 aromatic heterocycles. The fourth-order valence-corrected chi connectivity index (χ4v) is 2.23. The molecule has 0 saturated carbocycles. The molecule has 0 aliphatic carbocycles. The molecule has 0 aliphatic rings. The Morgan fingerprint density at radius 1 is 1.25 bits per heavy atom. The smallest absolute Gasteiger partial charge is 0.137 e. The molecule has 2 heterocycles. The van der Waals surface area contributed by atoms with Crippen LogP contribution in [-0.4, -0.2) is 9.38 Å². The lowest BCUT2D eigenvalue weighted by atomic mass is 10.1. The Morgan fingerprint density at radius 2 is 2.12 bits per heavy atom. The zero-order valence-corrected chi connectivity index (χ0v) is 9.57. The number of hydrogen-bond acceptors (Lipinski definition) is 1. The summed E-state index contributed by atoms with van der Waals surface area (Å²) in [5.41, 5.74) is 4.94. The summed E-state index contributed by atoms with van der Waals surface area (Å²) < 4.78 is 2.14. The van der Waals surface area contributed by atoms with Gasteiger partial charge in [0, 0.05) is 17.8 Å². The van der Waals surface area contributed by atoms with E-state index in [0.717, 1.165) is 12.1 Å². The van der Waals surface area contributed by atoms with Crippen LogP contribution in [0.4, 0.5) is 0 Å². The molecule has 1 aromatic carbocycles. The highest BCUT2D eigenvalue weighted by molar-refractivity contribution is 5.86. The Morgan fingerprint density at radius 3 is 2.94 bits per heavy atom. The molecule has 80 valence electrons. The van der Waals surface area contributed by atoms with Gasteiger partial charge in [-0.1, -0.05) is 13.0 Å². The Labute approximate surface area is 94.5 Å². The van der Waals surface area contributed by atoms with Gasteiger partial charge in [0.1, 0.15) is 5.65 Å². The number of rotatable bonds is 1. The highest BCUT2D eigenvalue weighted by atomic mass is 15.0. The van der Waals surface area contributed by atoms with Crippen molar-refractivity contribution in [1.29, 1.82) is 0 Å². The summed E-state index contributed by atoms with van der Waals surface area (Å²) in [6, 6.07) is 8.81. The summed E-state index contributed by atoms with van der Waals surface area (Å²) in [6.07, 6.45) is 4.95. The van der Waals surface area contributed by atoms with E-state index in [0.29, 0.717) is 0 Å². The Kier molecular flexibility index (Phi) is 1.96. The molecule has 0 aliphatic heterocycles. The van der Waals surface area contributed by atoms with Crippen molar-refractivity contribution in [3.05, 3.63) is 47.8 Å². The summed E-state index contributed by atoms with van der Waals surface area (Å²) in [5.74, 6) is 0. The van der Waals surface area contributed by atoms with Crippen molar-refractivity contribution >= 4 is 16.6 Å². The molecular weight excluding hydrogens is 196 g/mol. The zero-order valence-electron chi connectivity index (χ0n) is 9.57. The maximum atomic E-state index is 4.34. The third-order valence-electron chi connectivity index (χ3n) is 3.17. The average molecular weight is 210 g/mol. The second kappa shape index (κ2) is 3.34. The molecule has 0 bridgehead atoms. The second-order valence-corrected chi connectivity index (χ2v) is 4.19. The first kappa shape index (κ1) is 9.40. The van der Waals surface area contributed by atoms with E-state index in [1.54, 1.807) is 0 Å². The molecule has 0 atom stereocenters. The first-order valence-electron chi connectivity index (χ1n) is 5.65. The van der Waals surface area contributed by atoms with Gasteiger partial charge in [0.05, 0.1) is 5.52 Å². The van der Waals surface area contributed by atoms with Crippen LogP contribution >= 0.6 is 0 Å². The van der Waals surface area contributed by atoms with E-state index in [4.69, 9.17) is 0 Å². The number of nitrogens with zero attached hydrogens (tertiary/aromatic N) is 2. The molecular formula is C14H14N2. The average Bonchev–Trinajstić information content (AvgIpc) is 2.77. The van der Waals surface area contributed by atoms with Gasteiger partial charge in [-0.05, 0) is 42.7 Å². The van der Waals surface area contributed by atoms with Crippen LogP contribution < -0.4 is 0 Å². The van der Waals surface area contributed by atoms with Crippen molar-refractivity contribution < 1.29 is 0 Å². The topological polar surface area (TPSA) is 17.3 Å². The minimum atomic E-state index is 1.02. The Bertz CT molecular complexity index is 665. The van der Waals surface area contributed by atoms with Gasteiger partial charge < -0.3 is 0 Å². The molecule has 3 aromatic rings. The van der Waals surface area contributed by atoms with Gasteiger partial charge in [-0.25, -0.2) is 4.98 Å². The Hall–Kier alpha value is -1.83. The third-order valence-corrected chi connectivity index (χ3v) is 3.17. The lowest BCUT2D eigenvalue weighted by Crippen LogP contribution is -1.91. The van der Waals surface area contributed by atoms with Gasteiger partial charge in [-0.2, -0.15) is 0 Å². The molecule has 16 heavy (non-hydrogen) atoms. The highest BCUT2D eigenvalue weighted by Gasteiger charge is 2.04. The highest BCUT2D eigenvalue weighted by Crippen LogP contribution is 2.22. The van der Waals surface area contributed by atoms with Crippen LogP contribution in [0.5, 0.6) is 0 Å². The van der Waals surface area contributed by atoms with Crippen LogP contribution in [0.1, 0.15) is 18.1 Å². The molecule has 0 spiro atoms. The van der Waals surface area contributed by atoms with Crippen molar-refractivity contribution in [2.45, 2.75) is 20.3 Å². The van der Waals surface area contributed by atoms with Gasteiger partial charge in [0.2, 0.25) is 0 Å². The van der Waals surface area contributed by atoms with Gasteiger partial charge in [0.15, 0.2) is 0 Å². The molecule has 2 nitrogen and oxygen atoms in total. The third kappa shape index (κ3) is 1.23. The van der Waals surface area contributed by atoms with Crippen molar-refractivity contribution in [3.8, 4) is 0 Å². The first-order chi connectivity index (χ1) is 7.79. The summed E-state index contributed by atoms with van der Waals surface area (Å²) in [4.78, 5) is 4.34. The summed E-state index contributed by atoms with van der Waals surface area (Å²) >= 11 is 0. The van der Waals surface area contributed by atoms with Crippen molar-refractivity contribution in [2.24, 2.45) is 0 Å². The van der Waals surface area contributed by atoms with Crippen LogP contribution in [0.2, 0.25) is 0 Å². The molecule has 0 amide bonds. The lowest BCUT2D eigenvalue weighted by molar-refractivity contribution is 1.14. The number of aromatic nitrogens is 2. The van der Waals surface area contributed by atoms with Crippen LogP contribution in [0.25, 0.3) is 16.6 Å². The van der Waals surface area contributed by atoms with Crippen LogP contribution in [-0.2, 0) is 6.42 Å². The van der Waals surface area contributed by atoms with Crippen LogP contribution in [0.15, 0.2) is 36.7 Å². The summed E-state index contributed by atoms with van der Waals surface area (Å²) in [5, 5.41) is 1.32. The normalized spacial score (nSPS) is 11.4. The minimum Gasteiger partial charge on any atom is -0.300 e. The van der Waals surface area contributed by atoms with E-state index < -0.39 is 0 Å². The fraction of sp³-hybridized carbons (Fsp3) is 0.214. The first-order valence-corrected chi connectivity index (χ1v) is 5.65. The number of imidazole rings is 1. The number of fused-ring (bicyclic) bond motifs is 3. The van der Waals surface area contributed by atoms with Crippen molar-refractivity contribution in [2.75, 3.05) is 0 Å². The SMILES string of the molecule is CCc1ccc2c(c1)c(C)cc1nccn12. The van der Waals surface area contributed by atoms with E-state index >= 15 is 0 Å². The van der Waals surface area contributed by atoms with E-state index in [-0.39, 0.29) is 0 Å². The van der Waals surface area contributed by atoms with Crippen molar-refractivity contribution in [1.82, 2.24) is 9.38 Å². The molecule has 2 heteroatoms. The van der Waals surface area contributed by atoms with Crippen LogP contribution in [0.3, 0.4) is 0 Å². The number of aryl methyl sites for hydroxylation is 2. The zero-order chi connectivity index (χ0) is 11.1. The lowest BCUT2D eigenvalue weighted by Gasteiger charge is -2.07. The monoisotopic (exact) mass is 210 g/mol. The standard InChI is InChI=1S/C14H14N2/c1-3-11-4-5-13-12(9-11)10(2)8-14-15-6-7-16(13)14/h4-9H,3H2,1-2H3. The number of benzene rings is 1. The Balaban J connectivity index is 2.49. The molecule has 0 radical (unpaired) electrons. The molecule has 3 rings (SSSR count). The second-order valence-electron chi connectivity index (χ2n) is 4.19. The summed E-state index contributed by atoms with van der Waals surface area (Å²) in [7, 11) is 0. The maximum absolute atomic E-state index is 4.34. The van der Waals surface area contributed by atoms with Crippen LogP contribution in [0, 0.1) is 6.92 Å². The molecule has 0 unspecified atom stereocenters. The van der Waals surface area contributed by atoms with Gasteiger partial charge >= 0.3 is 0 Å². The largest absolute Gasteiger partial charge is 0.300 e. The predicted molar refractivity (Wildman–Crippen MR) is 66.8 cm³/mol. The van der Waals surface area contributed by atoms with Gasteiger partial charge in [-0.15, -0.1) is 0 Å². The molecule has 0 fully saturated rings. The van der Waals surface area contributed by atoms with E-state index in [1.165, 1.54) is 22.0 Å². The van der Waals surface area contributed by atoms with E-state index in [1.807, 2.05) is 12.4 Å². The predicted octanol–water partition coefficient (Wildman–Crippen LogP) is 3.36. The fourth-order valence-electron chi connectivity index (χ4n) is 2.23. The van der Waals surface area contributed by atoms with E-state index in [2.05, 4.69) is 47.5 Å². The van der Waals surface area contributed by atoms with Gasteiger partial charge in [0.25, 0.3) is 0 Å². The quantitative estimate of drug-likeness (QED) is 0.602. The minimum absolute atomic E-state index is 1.02. The summed E-state index contributed by atoms with van der Waals surface area (Å²) in [6.45, 7) is 4.34. The number of pyridine rings is 1. The van der Waals surface area contributed by atoms with E-state index in [9.17, 15) is 0 Å². The molecule has 0 saturated heterocycles. The number of hydrogen-bond donors (Lipinski definition) is 0. The molecule has 0 N–H and O–H groups in total. The van der Waals surface area contributed by atoms with Crippen molar-refractivity contribution in [3.63, 3.8) is 0 Å². The van der Waals surface area contributed by atoms with Gasteiger partial charge in [-0.3, -0.25) is 4.40 Å². The maximum Gasteiger partial charge on any atom is 0.137 e.